The Balaban J connectivity index is 2.18. The van der Waals surface area contributed by atoms with Crippen molar-refractivity contribution in [3.8, 4) is 11.6 Å². The van der Waals surface area contributed by atoms with Crippen LogP contribution in [0.4, 0.5) is 4.79 Å². The zero-order valence-electron chi connectivity index (χ0n) is 14.4. The molecule has 2 aromatic heterocycles. The average Bonchev–Trinajstić information content (AvgIpc) is 3.11. The predicted molar refractivity (Wildman–Crippen MR) is 84.4 cm³/mol. The summed E-state index contributed by atoms with van der Waals surface area (Å²) in [6.07, 6.45) is -0.974. The molecule has 0 aromatic carbocycles. The van der Waals surface area contributed by atoms with Gasteiger partial charge in [0, 0.05) is 13.1 Å². The molecule has 0 bridgehead atoms. The number of carbonyl (C=O) groups is 1. The molecule has 0 radical (unpaired) electrons. The van der Waals surface area contributed by atoms with E-state index in [1.165, 1.54) is 9.47 Å². The molecule has 2 aromatic rings. The molecule has 130 valence electrons. The monoisotopic (exact) mass is 335 g/mol. The highest BCUT2D eigenvalue weighted by Gasteiger charge is 2.35. The maximum Gasteiger partial charge on any atom is 0.441 e. The smallest absolute Gasteiger partial charge is 0.441 e. The number of hydrogen-bond acceptors (Lipinski definition) is 5. The van der Waals surface area contributed by atoms with E-state index in [2.05, 4.69) is 30.9 Å². The van der Waals surface area contributed by atoms with Gasteiger partial charge in [-0.15, -0.1) is 0 Å². The first-order valence-electron chi connectivity index (χ1n) is 7.72. The normalized spacial score (nSPS) is 15.6. The summed E-state index contributed by atoms with van der Waals surface area (Å²) in [5, 5.41) is 13.1. The van der Waals surface area contributed by atoms with E-state index in [0.717, 1.165) is 5.69 Å². The molecule has 1 unspecified atom stereocenters. The largest absolute Gasteiger partial charge is 0.465 e. The van der Waals surface area contributed by atoms with Crippen LogP contribution in [0, 0.1) is 5.41 Å². The first kappa shape index (κ1) is 16.3. The maximum atomic E-state index is 11.6. The lowest BCUT2D eigenvalue weighted by molar-refractivity contribution is 0.143. The number of nitrogens with zero attached hydrogens (tertiary/aromatic N) is 5. The fraction of sp³-hybridized carbons (Fsp3) is 0.600. The summed E-state index contributed by atoms with van der Waals surface area (Å²) in [6, 6.07) is 0.0179. The van der Waals surface area contributed by atoms with Crippen LogP contribution in [0.2, 0.25) is 0 Å². The third-order valence-electron chi connectivity index (χ3n) is 4.69. The zero-order valence-corrected chi connectivity index (χ0v) is 14.4. The summed E-state index contributed by atoms with van der Waals surface area (Å²) in [6.45, 7) is 8.84. The molecule has 3 heterocycles. The van der Waals surface area contributed by atoms with Gasteiger partial charge in [0.15, 0.2) is 5.82 Å². The zero-order chi connectivity index (χ0) is 17.8. The van der Waals surface area contributed by atoms with Crippen molar-refractivity contribution in [2.75, 3.05) is 0 Å². The minimum absolute atomic E-state index is 0.0179. The standard InChI is InChI=1S/C15H21N5O4/c1-8(15(2,3)4)20-10-7-19(13(21)22)6-9(10)16-11(20)12-17-24-14(23)18(12)5/h8H,6-7H2,1-5H3,(H,21,22). The number of imidazole rings is 1. The van der Waals surface area contributed by atoms with Crippen LogP contribution in [0.3, 0.4) is 0 Å². The van der Waals surface area contributed by atoms with Crippen LogP contribution in [0.1, 0.15) is 45.1 Å². The van der Waals surface area contributed by atoms with Gasteiger partial charge in [-0.3, -0.25) is 14.0 Å². The van der Waals surface area contributed by atoms with Gasteiger partial charge in [-0.05, 0) is 12.3 Å². The van der Waals surface area contributed by atoms with Crippen LogP contribution in [0.5, 0.6) is 0 Å². The highest BCUT2D eigenvalue weighted by Crippen LogP contribution is 2.38. The van der Waals surface area contributed by atoms with Crippen molar-refractivity contribution in [1.29, 1.82) is 0 Å². The first-order valence-corrected chi connectivity index (χ1v) is 7.72. The number of fused-ring (bicyclic) bond motifs is 1. The van der Waals surface area contributed by atoms with E-state index in [-0.39, 0.29) is 24.5 Å². The topological polar surface area (TPSA) is 106 Å². The van der Waals surface area contributed by atoms with E-state index in [4.69, 9.17) is 4.52 Å². The molecular weight excluding hydrogens is 314 g/mol. The summed E-state index contributed by atoms with van der Waals surface area (Å²) in [4.78, 5) is 28.8. The quantitative estimate of drug-likeness (QED) is 0.897. The van der Waals surface area contributed by atoms with Crippen molar-refractivity contribution in [3.63, 3.8) is 0 Å². The lowest BCUT2D eigenvalue weighted by atomic mass is 9.87. The Hall–Kier alpha value is -2.58. The molecule has 0 saturated carbocycles. The summed E-state index contributed by atoms with van der Waals surface area (Å²) in [5.74, 6) is 0.309. The molecule has 1 atom stereocenters. The third kappa shape index (κ3) is 2.40. The lowest BCUT2D eigenvalue weighted by Crippen LogP contribution is -2.27. The fourth-order valence-electron chi connectivity index (χ4n) is 2.80. The van der Waals surface area contributed by atoms with Gasteiger partial charge in [-0.1, -0.05) is 25.9 Å². The van der Waals surface area contributed by atoms with Crippen molar-refractivity contribution in [2.45, 2.75) is 46.8 Å². The molecule has 9 heteroatoms. The molecule has 1 aliphatic heterocycles. The van der Waals surface area contributed by atoms with Gasteiger partial charge < -0.3 is 9.67 Å². The lowest BCUT2D eigenvalue weighted by Gasteiger charge is -2.31. The van der Waals surface area contributed by atoms with Crippen molar-refractivity contribution in [2.24, 2.45) is 12.5 Å². The van der Waals surface area contributed by atoms with E-state index in [1.807, 2.05) is 11.5 Å². The molecule has 9 nitrogen and oxygen atoms in total. The Morgan fingerprint density at radius 3 is 2.46 bits per heavy atom. The minimum atomic E-state index is -0.974. The molecule has 1 N–H and O–H groups in total. The Bertz CT molecular complexity index is 854. The van der Waals surface area contributed by atoms with Gasteiger partial charge in [0.25, 0.3) is 0 Å². The highest BCUT2D eigenvalue weighted by molar-refractivity contribution is 5.66. The van der Waals surface area contributed by atoms with Crippen LogP contribution < -0.4 is 5.76 Å². The van der Waals surface area contributed by atoms with Gasteiger partial charge in [0.05, 0.1) is 24.5 Å². The van der Waals surface area contributed by atoms with E-state index in [9.17, 15) is 14.7 Å². The van der Waals surface area contributed by atoms with Crippen LogP contribution >= 0.6 is 0 Å². The molecule has 24 heavy (non-hydrogen) atoms. The molecule has 1 amide bonds. The van der Waals surface area contributed by atoms with Crippen LogP contribution in [-0.4, -0.2) is 35.4 Å². The Morgan fingerprint density at radius 1 is 1.29 bits per heavy atom. The van der Waals surface area contributed by atoms with E-state index in [0.29, 0.717) is 17.3 Å². The van der Waals surface area contributed by atoms with E-state index < -0.39 is 11.8 Å². The van der Waals surface area contributed by atoms with Crippen LogP contribution in [0.15, 0.2) is 9.32 Å². The van der Waals surface area contributed by atoms with Gasteiger partial charge >= 0.3 is 11.8 Å². The summed E-state index contributed by atoms with van der Waals surface area (Å²) in [7, 11) is 1.57. The number of rotatable bonds is 2. The molecule has 0 spiro atoms. The van der Waals surface area contributed by atoms with Crippen molar-refractivity contribution < 1.29 is 14.4 Å². The number of carboxylic acid groups (broad SMARTS) is 1. The Kier molecular flexibility index (Phi) is 3.54. The van der Waals surface area contributed by atoms with Crippen molar-refractivity contribution in [3.05, 3.63) is 21.9 Å². The van der Waals surface area contributed by atoms with E-state index in [1.54, 1.807) is 7.05 Å². The van der Waals surface area contributed by atoms with Gasteiger partial charge in [0.2, 0.25) is 5.82 Å². The maximum absolute atomic E-state index is 11.6. The minimum Gasteiger partial charge on any atom is -0.465 e. The van der Waals surface area contributed by atoms with Gasteiger partial charge in [0.1, 0.15) is 0 Å². The molecular formula is C15H21N5O4. The molecule has 0 saturated heterocycles. The van der Waals surface area contributed by atoms with Gasteiger partial charge in [-0.25, -0.2) is 14.6 Å². The fourth-order valence-corrected chi connectivity index (χ4v) is 2.80. The second-order valence-corrected chi connectivity index (χ2v) is 7.21. The van der Waals surface area contributed by atoms with Crippen molar-refractivity contribution in [1.82, 2.24) is 24.2 Å². The first-order chi connectivity index (χ1) is 11.1. The highest BCUT2D eigenvalue weighted by atomic mass is 16.5. The van der Waals surface area contributed by atoms with Crippen LogP contribution in [-0.2, 0) is 20.1 Å². The Morgan fingerprint density at radius 2 is 1.96 bits per heavy atom. The average molecular weight is 335 g/mol. The number of amides is 1. The summed E-state index contributed by atoms with van der Waals surface area (Å²) < 4.78 is 8.02. The number of hydrogen-bond donors (Lipinski definition) is 1. The molecule has 1 aliphatic rings. The SMILES string of the molecule is CC(n1c(-c2noc(=O)n2C)nc2c1CN(C(=O)O)C2)C(C)(C)C. The summed E-state index contributed by atoms with van der Waals surface area (Å²) in [5.41, 5.74) is 1.44. The van der Waals surface area contributed by atoms with Crippen molar-refractivity contribution >= 4 is 6.09 Å². The Labute approximate surface area is 138 Å². The third-order valence-corrected chi connectivity index (χ3v) is 4.69. The summed E-state index contributed by atoms with van der Waals surface area (Å²) >= 11 is 0. The second kappa shape index (κ2) is 5.22. The predicted octanol–water partition coefficient (Wildman–Crippen LogP) is 1.84. The van der Waals surface area contributed by atoms with Crippen LogP contribution in [0.25, 0.3) is 11.6 Å². The molecule has 0 aliphatic carbocycles. The number of aromatic nitrogens is 4. The molecule has 0 fully saturated rings. The molecule has 3 rings (SSSR count). The van der Waals surface area contributed by atoms with E-state index >= 15 is 0 Å². The second-order valence-electron chi connectivity index (χ2n) is 7.21. The van der Waals surface area contributed by atoms with Gasteiger partial charge in [-0.2, -0.15) is 0 Å².